The molecule has 0 radical (unpaired) electrons. The molecular formula is C17H24N2O2. The molecule has 1 aromatic carbocycles. The number of aliphatic carboxylic acids is 1. The molecule has 1 unspecified atom stereocenters. The van der Waals surface area contributed by atoms with Gasteiger partial charge in [0, 0.05) is 32.2 Å². The quantitative estimate of drug-likeness (QED) is 0.903. The van der Waals surface area contributed by atoms with Crippen LogP contribution in [0, 0.1) is 0 Å². The van der Waals surface area contributed by atoms with Gasteiger partial charge in [0.2, 0.25) is 0 Å². The van der Waals surface area contributed by atoms with Gasteiger partial charge in [-0.15, -0.1) is 0 Å². The van der Waals surface area contributed by atoms with Crippen LogP contribution in [0.4, 0.5) is 0 Å². The largest absolute Gasteiger partial charge is 0.481 e. The van der Waals surface area contributed by atoms with Crippen LogP contribution in [0.3, 0.4) is 0 Å². The van der Waals surface area contributed by atoms with E-state index in [0.717, 1.165) is 26.2 Å². The normalized spacial score (nSPS) is 22.1. The number of hydrogen-bond acceptors (Lipinski definition) is 3. The van der Waals surface area contributed by atoms with E-state index in [9.17, 15) is 9.90 Å². The molecule has 1 atom stereocenters. The molecule has 1 aliphatic heterocycles. The minimum atomic E-state index is -0.712. The Morgan fingerprint density at radius 2 is 2.00 bits per heavy atom. The average Bonchev–Trinajstić information content (AvgIpc) is 3.30. The first-order chi connectivity index (χ1) is 10.1. The maximum atomic E-state index is 11.3. The summed E-state index contributed by atoms with van der Waals surface area (Å²) in [5.41, 5.74) is 2.56. The molecule has 3 rings (SSSR count). The molecule has 2 aliphatic rings. The first kappa shape index (κ1) is 14.5. The highest BCUT2D eigenvalue weighted by atomic mass is 16.4. The molecular weight excluding hydrogens is 264 g/mol. The Hall–Kier alpha value is -1.39. The molecule has 21 heavy (non-hydrogen) atoms. The van der Waals surface area contributed by atoms with E-state index in [4.69, 9.17) is 0 Å². The van der Waals surface area contributed by atoms with E-state index in [2.05, 4.69) is 41.1 Å². The molecule has 0 spiro atoms. The van der Waals surface area contributed by atoms with Gasteiger partial charge in [0.1, 0.15) is 0 Å². The number of rotatable bonds is 5. The van der Waals surface area contributed by atoms with Crippen LogP contribution in [-0.2, 0) is 4.79 Å². The maximum absolute atomic E-state index is 11.3. The van der Waals surface area contributed by atoms with Crippen molar-refractivity contribution in [3.8, 4) is 0 Å². The van der Waals surface area contributed by atoms with Crippen molar-refractivity contribution in [2.75, 3.05) is 33.2 Å². The lowest BCUT2D eigenvalue weighted by molar-refractivity contribution is -0.138. The van der Waals surface area contributed by atoms with Crippen molar-refractivity contribution >= 4 is 5.97 Å². The van der Waals surface area contributed by atoms with E-state index in [0.29, 0.717) is 5.92 Å². The lowest BCUT2D eigenvalue weighted by Crippen LogP contribution is -2.46. The molecule has 4 heteroatoms. The summed E-state index contributed by atoms with van der Waals surface area (Å²) in [5, 5.41) is 9.28. The van der Waals surface area contributed by atoms with Gasteiger partial charge in [-0.25, -0.2) is 0 Å². The van der Waals surface area contributed by atoms with Gasteiger partial charge in [-0.05, 0) is 36.9 Å². The second kappa shape index (κ2) is 6.16. The summed E-state index contributed by atoms with van der Waals surface area (Å²) in [6, 6.07) is 8.62. The molecule has 1 heterocycles. The Bertz CT molecular complexity index is 505. The maximum Gasteiger partial charge on any atom is 0.305 e. The topological polar surface area (TPSA) is 43.8 Å². The summed E-state index contributed by atoms with van der Waals surface area (Å²) in [7, 11) is 2.12. The predicted octanol–water partition coefficient (Wildman–Crippen LogP) is 2.33. The molecule has 114 valence electrons. The van der Waals surface area contributed by atoms with Gasteiger partial charge in [0.15, 0.2) is 0 Å². The molecule has 0 aromatic heterocycles. The molecule has 1 aromatic rings. The fourth-order valence-electron chi connectivity index (χ4n) is 3.19. The van der Waals surface area contributed by atoms with Gasteiger partial charge < -0.3 is 10.0 Å². The molecule has 1 saturated carbocycles. The molecule has 1 N–H and O–H groups in total. The molecule has 1 saturated heterocycles. The van der Waals surface area contributed by atoms with E-state index in [1.807, 2.05) is 0 Å². The van der Waals surface area contributed by atoms with Crippen molar-refractivity contribution in [2.24, 2.45) is 0 Å². The molecule has 0 amide bonds. The third-order valence-corrected chi connectivity index (χ3v) is 4.69. The summed E-state index contributed by atoms with van der Waals surface area (Å²) in [5.74, 6) is -0.00123. The summed E-state index contributed by atoms with van der Waals surface area (Å²) in [4.78, 5) is 15.9. The van der Waals surface area contributed by atoms with E-state index in [1.54, 1.807) is 0 Å². The third-order valence-electron chi connectivity index (χ3n) is 4.69. The van der Waals surface area contributed by atoms with Crippen molar-refractivity contribution in [3.63, 3.8) is 0 Å². The number of hydrogen-bond donors (Lipinski definition) is 1. The Morgan fingerprint density at radius 3 is 2.62 bits per heavy atom. The van der Waals surface area contributed by atoms with Crippen LogP contribution in [0.5, 0.6) is 0 Å². The van der Waals surface area contributed by atoms with Crippen molar-refractivity contribution in [1.82, 2.24) is 9.80 Å². The SMILES string of the molecule is CN1CCN(C(CC(=O)O)c2cccc(C3CC3)c2)CC1. The Kier molecular flexibility index (Phi) is 4.27. The van der Waals surface area contributed by atoms with E-state index >= 15 is 0 Å². The second-order valence-electron chi connectivity index (χ2n) is 6.40. The highest BCUT2D eigenvalue weighted by Gasteiger charge is 2.28. The minimum Gasteiger partial charge on any atom is -0.481 e. The summed E-state index contributed by atoms with van der Waals surface area (Å²) in [6.45, 7) is 3.92. The van der Waals surface area contributed by atoms with Gasteiger partial charge in [0.25, 0.3) is 0 Å². The van der Waals surface area contributed by atoms with Crippen LogP contribution in [0.1, 0.15) is 42.3 Å². The zero-order chi connectivity index (χ0) is 14.8. The smallest absolute Gasteiger partial charge is 0.305 e. The number of carbonyl (C=O) groups is 1. The summed E-state index contributed by atoms with van der Waals surface area (Å²) >= 11 is 0. The van der Waals surface area contributed by atoms with E-state index in [-0.39, 0.29) is 12.5 Å². The highest BCUT2D eigenvalue weighted by molar-refractivity contribution is 5.68. The van der Waals surface area contributed by atoms with E-state index in [1.165, 1.54) is 24.0 Å². The predicted molar refractivity (Wildman–Crippen MR) is 82.5 cm³/mol. The summed E-state index contributed by atoms with van der Waals surface area (Å²) < 4.78 is 0. The van der Waals surface area contributed by atoms with Crippen LogP contribution in [0.2, 0.25) is 0 Å². The van der Waals surface area contributed by atoms with Crippen molar-refractivity contribution in [2.45, 2.75) is 31.2 Å². The zero-order valence-electron chi connectivity index (χ0n) is 12.7. The lowest BCUT2D eigenvalue weighted by Gasteiger charge is -2.37. The van der Waals surface area contributed by atoms with Crippen LogP contribution in [0.15, 0.2) is 24.3 Å². The molecule has 2 fully saturated rings. The molecule has 1 aliphatic carbocycles. The third kappa shape index (κ3) is 3.63. The number of carboxylic acid groups (broad SMARTS) is 1. The number of nitrogens with zero attached hydrogens (tertiary/aromatic N) is 2. The van der Waals surface area contributed by atoms with Crippen LogP contribution in [0.25, 0.3) is 0 Å². The fourth-order valence-corrected chi connectivity index (χ4v) is 3.19. The van der Waals surface area contributed by atoms with Crippen molar-refractivity contribution in [1.29, 1.82) is 0 Å². The summed E-state index contributed by atoms with van der Waals surface area (Å²) in [6.07, 6.45) is 2.75. The van der Waals surface area contributed by atoms with Crippen LogP contribution in [-0.4, -0.2) is 54.1 Å². The second-order valence-corrected chi connectivity index (χ2v) is 6.40. The van der Waals surface area contributed by atoms with Gasteiger partial charge >= 0.3 is 5.97 Å². The Labute approximate surface area is 126 Å². The van der Waals surface area contributed by atoms with Crippen molar-refractivity contribution in [3.05, 3.63) is 35.4 Å². The van der Waals surface area contributed by atoms with Gasteiger partial charge in [0.05, 0.1) is 6.42 Å². The highest BCUT2D eigenvalue weighted by Crippen LogP contribution is 2.41. The lowest BCUT2D eigenvalue weighted by atomic mass is 9.97. The zero-order valence-corrected chi connectivity index (χ0v) is 12.7. The minimum absolute atomic E-state index is 0.00917. The van der Waals surface area contributed by atoms with Gasteiger partial charge in [-0.3, -0.25) is 9.69 Å². The number of piperazine rings is 1. The van der Waals surface area contributed by atoms with Crippen LogP contribution >= 0.6 is 0 Å². The number of carboxylic acids is 1. The number of benzene rings is 1. The number of likely N-dealkylation sites (N-methyl/N-ethyl adjacent to an activating group) is 1. The Balaban J connectivity index is 1.80. The average molecular weight is 288 g/mol. The Morgan fingerprint density at radius 1 is 1.29 bits per heavy atom. The standard InChI is InChI=1S/C17H24N2O2/c1-18-7-9-19(10-8-18)16(12-17(20)21)15-4-2-3-14(11-15)13-5-6-13/h2-4,11,13,16H,5-10,12H2,1H3,(H,20,21). The fraction of sp³-hybridized carbons (Fsp3) is 0.588. The first-order valence-electron chi connectivity index (χ1n) is 7.88. The van der Waals surface area contributed by atoms with Crippen LogP contribution < -0.4 is 0 Å². The van der Waals surface area contributed by atoms with Gasteiger partial charge in [-0.2, -0.15) is 0 Å². The first-order valence-corrected chi connectivity index (χ1v) is 7.88. The molecule has 4 nitrogen and oxygen atoms in total. The monoisotopic (exact) mass is 288 g/mol. The van der Waals surface area contributed by atoms with Crippen molar-refractivity contribution < 1.29 is 9.90 Å². The van der Waals surface area contributed by atoms with Gasteiger partial charge in [-0.1, -0.05) is 24.3 Å². The van der Waals surface area contributed by atoms with E-state index < -0.39 is 5.97 Å². The molecule has 0 bridgehead atoms.